The molecule has 3 N–H and O–H groups in total. The number of nitrogens with one attached hydrogen (secondary N) is 1. The molecular formula is C20H30N4O. The second-order valence-corrected chi connectivity index (χ2v) is 8.52. The Morgan fingerprint density at radius 2 is 1.76 bits per heavy atom. The van der Waals surface area contributed by atoms with Crippen LogP contribution < -0.4 is 11.1 Å². The molecule has 0 spiro atoms. The molecule has 136 valence electrons. The summed E-state index contributed by atoms with van der Waals surface area (Å²) in [5.74, 6) is 0.602. The largest absolute Gasteiger partial charge is 0.324 e. The van der Waals surface area contributed by atoms with Crippen molar-refractivity contribution < 1.29 is 4.79 Å². The second-order valence-electron chi connectivity index (χ2n) is 8.52. The van der Waals surface area contributed by atoms with Gasteiger partial charge in [0.05, 0.1) is 11.2 Å². The molecule has 0 radical (unpaired) electrons. The number of anilines is 1. The maximum atomic E-state index is 12.5. The van der Waals surface area contributed by atoms with Crippen LogP contribution in [-0.2, 0) is 15.7 Å². The maximum Gasteiger partial charge on any atom is 0.227 e. The van der Waals surface area contributed by atoms with Gasteiger partial charge in [0.1, 0.15) is 5.82 Å². The third-order valence-electron chi connectivity index (χ3n) is 4.01. The first kappa shape index (κ1) is 19.2. The minimum atomic E-state index is -0.325. The standard InChI is InChI=1S/C20H30N4O/c1-19(2,3)16-13-17(24(23-16)20(4,5)6)22-18(25)12-15(21)14-10-8-7-9-11-14/h7-11,13,15H,12,21H2,1-6H3,(H,22,25). The predicted molar refractivity (Wildman–Crippen MR) is 103 cm³/mol. The molecule has 2 aromatic rings. The quantitative estimate of drug-likeness (QED) is 0.883. The third kappa shape index (κ3) is 4.92. The van der Waals surface area contributed by atoms with Gasteiger partial charge in [0, 0.05) is 23.9 Å². The fourth-order valence-electron chi connectivity index (χ4n) is 2.56. The number of rotatable bonds is 4. The fraction of sp³-hybridized carbons (Fsp3) is 0.500. The van der Waals surface area contributed by atoms with Crippen molar-refractivity contribution in [3.8, 4) is 0 Å². The van der Waals surface area contributed by atoms with Crippen molar-refractivity contribution in [3.63, 3.8) is 0 Å². The van der Waals surface area contributed by atoms with Gasteiger partial charge >= 0.3 is 0 Å². The van der Waals surface area contributed by atoms with E-state index in [0.717, 1.165) is 11.3 Å². The number of carbonyl (C=O) groups is 1. The topological polar surface area (TPSA) is 72.9 Å². The molecule has 1 unspecified atom stereocenters. The summed E-state index contributed by atoms with van der Waals surface area (Å²) >= 11 is 0. The smallest absolute Gasteiger partial charge is 0.227 e. The molecule has 1 atom stereocenters. The SMILES string of the molecule is CC(C)(C)c1cc(NC(=O)CC(N)c2ccccc2)n(C(C)(C)C)n1. The highest BCUT2D eigenvalue weighted by molar-refractivity contribution is 5.90. The zero-order chi connectivity index (χ0) is 18.8. The molecule has 5 nitrogen and oxygen atoms in total. The van der Waals surface area contributed by atoms with Crippen LogP contribution in [0.2, 0.25) is 0 Å². The van der Waals surface area contributed by atoms with Crippen LogP contribution in [0.1, 0.15) is 65.3 Å². The number of benzene rings is 1. The first-order chi connectivity index (χ1) is 11.5. The van der Waals surface area contributed by atoms with E-state index in [-0.39, 0.29) is 29.3 Å². The first-order valence-corrected chi connectivity index (χ1v) is 8.70. The summed E-state index contributed by atoms with van der Waals surface area (Å²) in [7, 11) is 0. The average Bonchev–Trinajstić information content (AvgIpc) is 2.92. The highest BCUT2D eigenvalue weighted by Gasteiger charge is 2.26. The van der Waals surface area contributed by atoms with Crippen molar-refractivity contribution in [2.24, 2.45) is 5.73 Å². The van der Waals surface area contributed by atoms with Crippen LogP contribution in [0.15, 0.2) is 36.4 Å². The van der Waals surface area contributed by atoms with Gasteiger partial charge in [-0.15, -0.1) is 0 Å². The highest BCUT2D eigenvalue weighted by atomic mass is 16.1. The zero-order valence-corrected chi connectivity index (χ0v) is 16.1. The summed E-state index contributed by atoms with van der Waals surface area (Å²) in [5.41, 5.74) is 7.75. The lowest BCUT2D eigenvalue weighted by molar-refractivity contribution is -0.116. The van der Waals surface area contributed by atoms with Gasteiger partial charge in [0.15, 0.2) is 0 Å². The van der Waals surface area contributed by atoms with E-state index in [0.29, 0.717) is 5.82 Å². The number of aromatic nitrogens is 2. The number of hydrogen-bond donors (Lipinski definition) is 2. The summed E-state index contributed by atoms with van der Waals surface area (Å²) < 4.78 is 1.87. The Balaban J connectivity index is 2.18. The van der Waals surface area contributed by atoms with Crippen molar-refractivity contribution in [1.82, 2.24) is 9.78 Å². The number of nitrogens with zero attached hydrogens (tertiary/aromatic N) is 2. The molecular weight excluding hydrogens is 312 g/mol. The van der Waals surface area contributed by atoms with Crippen LogP contribution in [0, 0.1) is 0 Å². The second kappa shape index (κ2) is 7.00. The molecule has 0 saturated heterocycles. The third-order valence-corrected chi connectivity index (χ3v) is 4.01. The summed E-state index contributed by atoms with van der Waals surface area (Å²) in [5, 5.41) is 7.71. The number of amides is 1. The summed E-state index contributed by atoms with van der Waals surface area (Å²) in [6, 6.07) is 11.3. The van der Waals surface area contributed by atoms with Crippen LogP contribution in [-0.4, -0.2) is 15.7 Å². The molecule has 2 rings (SSSR count). The molecule has 0 aliphatic heterocycles. The minimum Gasteiger partial charge on any atom is -0.324 e. The Kier molecular flexibility index (Phi) is 5.37. The molecule has 0 bridgehead atoms. The van der Waals surface area contributed by atoms with Gasteiger partial charge in [0.2, 0.25) is 5.91 Å². The van der Waals surface area contributed by atoms with Crippen molar-refractivity contribution in [3.05, 3.63) is 47.7 Å². The Hall–Kier alpha value is -2.14. The van der Waals surface area contributed by atoms with Gasteiger partial charge in [-0.1, -0.05) is 51.1 Å². The number of nitrogens with two attached hydrogens (primary N) is 1. The molecule has 0 aliphatic carbocycles. The molecule has 1 aromatic carbocycles. The fourth-order valence-corrected chi connectivity index (χ4v) is 2.56. The van der Waals surface area contributed by atoms with Gasteiger partial charge in [-0.3, -0.25) is 4.79 Å². The zero-order valence-electron chi connectivity index (χ0n) is 16.1. The molecule has 1 heterocycles. The molecule has 1 aromatic heterocycles. The normalized spacial score (nSPS) is 13.6. The van der Waals surface area contributed by atoms with Crippen LogP contribution >= 0.6 is 0 Å². The summed E-state index contributed by atoms with van der Waals surface area (Å²) in [6.07, 6.45) is 0.226. The lowest BCUT2D eigenvalue weighted by atomic mass is 9.92. The average molecular weight is 342 g/mol. The van der Waals surface area contributed by atoms with Crippen molar-refractivity contribution in [2.75, 3.05) is 5.32 Å². The summed E-state index contributed by atoms with van der Waals surface area (Å²) in [6.45, 7) is 12.5. The van der Waals surface area contributed by atoms with Gasteiger partial charge in [-0.05, 0) is 26.3 Å². The van der Waals surface area contributed by atoms with Gasteiger partial charge < -0.3 is 11.1 Å². The molecule has 0 saturated carbocycles. The first-order valence-electron chi connectivity index (χ1n) is 8.70. The van der Waals surface area contributed by atoms with E-state index in [1.54, 1.807) is 0 Å². The van der Waals surface area contributed by atoms with E-state index in [2.05, 4.69) is 46.9 Å². The Morgan fingerprint density at radius 1 is 1.16 bits per heavy atom. The van der Waals surface area contributed by atoms with Crippen molar-refractivity contribution in [1.29, 1.82) is 0 Å². The van der Waals surface area contributed by atoms with E-state index in [1.807, 2.05) is 41.1 Å². The number of hydrogen-bond acceptors (Lipinski definition) is 3. The number of carbonyl (C=O) groups excluding carboxylic acids is 1. The van der Waals surface area contributed by atoms with E-state index in [4.69, 9.17) is 10.8 Å². The predicted octanol–water partition coefficient (Wildman–Crippen LogP) is 3.96. The van der Waals surface area contributed by atoms with Crippen LogP contribution in [0.25, 0.3) is 0 Å². The van der Waals surface area contributed by atoms with E-state index in [9.17, 15) is 4.79 Å². The molecule has 1 amide bonds. The lowest BCUT2D eigenvalue weighted by Gasteiger charge is -2.23. The van der Waals surface area contributed by atoms with E-state index >= 15 is 0 Å². The van der Waals surface area contributed by atoms with Crippen molar-refractivity contribution >= 4 is 11.7 Å². The van der Waals surface area contributed by atoms with Gasteiger partial charge in [0.25, 0.3) is 0 Å². The van der Waals surface area contributed by atoms with E-state index in [1.165, 1.54) is 0 Å². The molecule has 0 aliphatic rings. The Morgan fingerprint density at radius 3 is 2.28 bits per heavy atom. The maximum absolute atomic E-state index is 12.5. The minimum absolute atomic E-state index is 0.0869. The molecule has 25 heavy (non-hydrogen) atoms. The van der Waals surface area contributed by atoms with Crippen LogP contribution in [0.4, 0.5) is 5.82 Å². The van der Waals surface area contributed by atoms with Crippen LogP contribution in [0.5, 0.6) is 0 Å². The Labute approximate surface area is 150 Å². The lowest BCUT2D eigenvalue weighted by Crippen LogP contribution is -2.28. The Bertz CT molecular complexity index is 720. The summed E-state index contributed by atoms with van der Waals surface area (Å²) in [4.78, 5) is 12.5. The monoisotopic (exact) mass is 342 g/mol. The highest BCUT2D eigenvalue weighted by Crippen LogP contribution is 2.28. The van der Waals surface area contributed by atoms with Gasteiger partial charge in [-0.2, -0.15) is 5.10 Å². The molecule has 5 heteroatoms. The molecule has 0 fully saturated rings. The van der Waals surface area contributed by atoms with Crippen LogP contribution in [0.3, 0.4) is 0 Å². The van der Waals surface area contributed by atoms with Crippen molar-refractivity contribution in [2.45, 2.75) is 65.0 Å². The van der Waals surface area contributed by atoms with Gasteiger partial charge in [-0.25, -0.2) is 4.68 Å². The van der Waals surface area contributed by atoms with E-state index < -0.39 is 0 Å².